The molecule has 5 rings (SSSR count). The van der Waals surface area contributed by atoms with E-state index in [1.54, 1.807) is 24.3 Å². The molecular weight excluding hydrogens is 431 g/mol. The van der Waals surface area contributed by atoms with Gasteiger partial charge in [0.25, 0.3) is 0 Å². The molecule has 2 aromatic carbocycles. The van der Waals surface area contributed by atoms with Gasteiger partial charge < -0.3 is 15.1 Å². The van der Waals surface area contributed by atoms with Gasteiger partial charge in [0, 0.05) is 42.1 Å². The van der Waals surface area contributed by atoms with Crippen molar-refractivity contribution in [3.8, 4) is 11.3 Å². The molecule has 3 heterocycles. The SMILES string of the molecule is CC(C)N1c2cc(Nc3ncc(F)c(-c4cccc5cnccc45)n3)ccc2N(C)C(=O)C1C. The summed E-state index contributed by atoms with van der Waals surface area (Å²) in [6.07, 6.45) is 4.60. The van der Waals surface area contributed by atoms with Crippen molar-refractivity contribution in [3.05, 3.63) is 66.9 Å². The number of halogens is 1. The van der Waals surface area contributed by atoms with E-state index in [9.17, 15) is 9.18 Å². The van der Waals surface area contributed by atoms with E-state index in [2.05, 4.69) is 39.0 Å². The van der Waals surface area contributed by atoms with E-state index in [0.29, 0.717) is 5.56 Å². The number of carbonyl (C=O) groups excluding carboxylic acids is 1. The van der Waals surface area contributed by atoms with Crippen LogP contribution in [-0.4, -0.2) is 40.0 Å². The lowest BCUT2D eigenvalue weighted by Gasteiger charge is -2.42. The summed E-state index contributed by atoms with van der Waals surface area (Å²) in [5.41, 5.74) is 3.42. The van der Waals surface area contributed by atoms with Gasteiger partial charge in [0.15, 0.2) is 5.82 Å². The Hall–Kier alpha value is -4.07. The standard InChI is InChI=1S/C26H25FN6O/c1-15(2)33-16(3)25(34)32(4)22-9-8-18(12-23(22)33)30-26-29-14-21(27)24(31-26)20-7-5-6-17-13-28-11-10-19(17)20/h5-16H,1-4H3,(H,29,30,31). The molecule has 0 spiro atoms. The molecule has 0 saturated carbocycles. The number of carbonyl (C=O) groups is 1. The Labute approximate surface area is 197 Å². The molecule has 8 heteroatoms. The summed E-state index contributed by atoms with van der Waals surface area (Å²) in [6.45, 7) is 6.04. The normalized spacial score (nSPS) is 15.7. The van der Waals surface area contributed by atoms with Crippen LogP contribution in [0.15, 0.2) is 61.1 Å². The minimum Gasteiger partial charge on any atom is -0.356 e. The molecule has 1 aliphatic rings. The molecule has 0 saturated heterocycles. The van der Waals surface area contributed by atoms with Crippen molar-refractivity contribution in [2.24, 2.45) is 0 Å². The summed E-state index contributed by atoms with van der Waals surface area (Å²) in [5, 5.41) is 4.98. The highest BCUT2D eigenvalue weighted by molar-refractivity contribution is 6.05. The Bertz CT molecular complexity index is 1400. The summed E-state index contributed by atoms with van der Waals surface area (Å²) >= 11 is 0. The summed E-state index contributed by atoms with van der Waals surface area (Å²) in [5.74, 6) is -0.161. The summed E-state index contributed by atoms with van der Waals surface area (Å²) in [4.78, 5) is 29.3. The first-order valence-corrected chi connectivity index (χ1v) is 11.2. The molecule has 0 bridgehead atoms. The molecule has 1 aliphatic heterocycles. The fraction of sp³-hybridized carbons (Fsp3) is 0.231. The molecular formula is C26H25FN6O. The van der Waals surface area contributed by atoms with Gasteiger partial charge in [0.1, 0.15) is 11.7 Å². The topological polar surface area (TPSA) is 74.2 Å². The minimum atomic E-state index is -0.500. The number of nitrogens with zero attached hydrogens (tertiary/aromatic N) is 5. The number of hydrogen-bond acceptors (Lipinski definition) is 6. The second kappa shape index (κ2) is 8.37. The molecule has 1 atom stereocenters. The maximum atomic E-state index is 14.8. The Morgan fingerprint density at radius 2 is 1.91 bits per heavy atom. The highest BCUT2D eigenvalue weighted by atomic mass is 19.1. The van der Waals surface area contributed by atoms with Gasteiger partial charge in [-0.2, -0.15) is 0 Å². The van der Waals surface area contributed by atoms with E-state index < -0.39 is 5.82 Å². The molecule has 0 fully saturated rings. The summed E-state index contributed by atoms with van der Waals surface area (Å²) in [7, 11) is 1.79. The zero-order chi connectivity index (χ0) is 24.0. The van der Waals surface area contributed by atoms with Gasteiger partial charge in [-0.3, -0.25) is 9.78 Å². The number of rotatable bonds is 4. The Morgan fingerprint density at radius 1 is 1.09 bits per heavy atom. The van der Waals surface area contributed by atoms with Crippen molar-refractivity contribution in [1.29, 1.82) is 0 Å². The molecule has 7 nitrogen and oxygen atoms in total. The van der Waals surface area contributed by atoms with Gasteiger partial charge >= 0.3 is 0 Å². The van der Waals surface area contributed by atoms with Gasteiger partial charge in [-0.1, -0.05) is 18.2 Å². The first-order chi connectivity index (χ1) is 16.3. The monoisotopic (exact) mass is 456 g/mol. The van der Waals surface area contributed by atoms with Crippen LogP contribution in [0.1, 0.15) is 20.8 Å². The van der Waals surface area contributed by atoms with E-state index in [0.717, 1.165) is 27.8 Å². The van der Waals surface area contributed by atoms with Gasteiger partial charge in [-0.05, 0) is 50.4 Å². The molecule has 172 valence electrons. The molecule has 2 aromatic heterocycles. The van der Waals surface area contributed by atoms with Crippen LogP contribution in [0.2, 0.25) is 0 Å². The van der Waals surface area contributed by atoms with Gasteiger partial charge in [0.2, 0.25) is 11.9 Å². The summed E-state index contributed by atoms with van der Waals surface area (Å²) < 4.78 is 14.8. The molecule has 1 N–H and O–H groups in total. The quantitative estimate of drug-likeness (QED) is 0.458. The predicted octanol–water partition coefficient (Wildman–Crippen LogP) is 5.15. The van der Waals surface area contributed by atoms with Crippen LogP contribution >= 0.6 is 0 Å². The summed E-state index contributed by atoms with van der Waals surface area (Å²) in [6, 6.07) is 13.1. The zero-order valence-corrected chi connectivity index (χ0v) is 19.5. The molecule has 4 aromatic rings. The van der Waals surface area contributed by atoms with Crippen molar-refractivity contribution in [2.45, 2.75) is 32.9 Å². The second-order valence-corrected chi connectivity index (χ2v) is 8.70. The van der Waals surface area contributed by atoms with Crippen molar-refractivity contribution >= 4 is 39.7 Å². The van der Waals surface area contributed by atoms with E-state index in [1.165, 1.54) is 6.20 Å². The number of pyridine rings is 1. The maximum absolute atomic E-state index is 14.8. The zero-order valence-electron chi connectivity index (χ0n) is 19.5. The van der Waals surface area contributed by atoms with Crippen LogP contribution in [0.25, 0.3) is 22.0 Å². The third kappa shape index (κ3) is 3.61. The lowest BCUT2D eigenvalue weighted by Crippen LogP contribution is -2.53. The molecule has 34 heavy (non-hydrogen) atoms. The highest BCUT2D eigenvalue weighted by Crippen LogP contribution is 2.39. The van der Waals surface area contributed by atoms with Crippen LogP contribution in [0.3, 0.4) is 0 Å². The van der Waals surface area contributed by atoms with E-state index in [4.69, 9.17) is 0 Å². The molecule has 0 aliphatic carbocycles. The number of aromatic nitrogens is 3. The molecule has 1 amide bonds. The highest BCUT2D eigenvalue weighted by Gasteiger charge is 2.35. The lowest BCUT2D eigenvalue weighted by atomic mass is 10.0. The van der Waals surface area contributed by atoms with Crippen molar-refractivity contribution in [2.75, 3.05) is 22.2 Å². The van der Waals surface area contributed by atoms with Gasteiger partial charge in [0.05, 0.1) is 17.6 Å². The number of fused-ring (bicyclic) bond motifs is 2. The van der Waals surface area contributed by atoms with Crippen LogP contribution in [0, 0.1) is 5.82 Å². The predicted molar refractivity (Wildman–Crippen MR) is 133 cm³/mol. The van der Waals surface area contributed by atoms with Crippen molar-refractivity contribution in [3.63, 3.8) is 0 Å². The Morgan fingerprint density at radius 3 is 2.71 bits per heavy atom. The fourth-order valence-corrected chi connectivity index (χ4v) is 4.62. The number of amides is 1. The fourth-order valence-electron chi connectivity index (χ4n) is 4.62. The average Bonchev–Trinajstić information content (AvgIpc) is 2.83. The van der Waals surface area contributed by atoms with Crippen LogP contribution in [-0.2, 0) is 4.79 Å². The Balaban J connectivity index is 1.54. The van der Waals surface area contributed by atoms with Crippen molar-refractivity contribution in [1.82, 2.24) is 15.0 Å². The average molecular weight is 457 g/mol. The minimum absolute atomic E-state index is 0.0544. The first-order valence-electron chi connectivity index (χ1n) is 11.2. The smallest absolute Gasteiger partial charge is 0.249 e. The van der Waals surface area contributed by atoms with Crippen LogP contribution < -0.4 is 15.1 Å². The largest absolute Gasteiger partial charge is 0.356 e. The van der Waals surface area contributed by atoms with Gasteiger partial charge in [-0.15, -0.1) is 0 Å². The van der Waals surface area contributed by atoms with E-state index in [1.807, 2.05) is 49.4 Å². The first kappa shape index (κ1) is 21.8. The number of hydrogen-bond donors (Lipinski definition) is 1. The van der Waals surface area contributed by atoms with E-state index in [-0.39, 0.29) is 29.6 Å². The second-order valence-electron chi connectivity index (χ2n) is 8.70. The molecule has 1 unspecified atom stereocenters. The third-order valence-electron chi connectivity index (χ3n) is 6.21. The number of likely N-dealkylation sites (N-methyl/N-ethyl adjacent to an activating group) is 1. The van der Waals surface area contributed by atoms with E-state index >= 15 is 0 Å². The van der Waals surface area contributed by atoms with Crippen LogP contribution in [0.5, 0.6) is 0 Å². The maximum Gasteiger partial charge on any atom is 0.249 e. The number of nitrogens with one attached hydrogen (secondary N) is 1. The number of anilines is 4. The lowest BCUT2D eigenvalue weighted by molar-refractivity contribution is -0.119. The Kier molecular flexibility index (Phi) is 5.36. The van der Waals surface area contributed by atoms with Crippen LogP contribution in [0.4, 0.5) is 27.4 Å². The van der Waals surface area contributed by atoms with Crippen molar-refractivity contribution < 1.29 is 9.18 Å². The number of benzene rings is 2. The third-order valence-corrected chi connectivity index (χ3v) is 6.21. The molecule has 0 radical (unpaired) electrons. The van der Waals surface area contributed by atoms with Gasteiger partial charge in [-0.25, -0.2) is 14.4 Å².